The van der Waals surface area contributed by atoms with Gasteiger partial charge < -0.3 is 15.2 Å². The molecule has 100 valence electrons. The lowest BCUT2D eigenvalue weighted by atomic mass is 10.1. The van der Waals surface area contributed by atoms with E-state index in [1.54, 1.807) is 0 Å². The molecule has 1 heterocycles. The van der Waals surface area contributed by atoms with Gasteiger partial charge in [0.25, 0.3) is 0 Å². The second-order valence-corrected chi connectivity index (χ2v) is 5.79. The first-order chi connectivity index (χ1) is 8.60. The molecule has 0 spiro atoms. The molecule has 1 aliphatic heterocycles. The van der Waals surface area contributed by atoms with Gasteiger partial charge in [0.2, 0.25) is 0 Å². The minimum atomic E-state index is 0.216. The molecule has 2 rings (SSSR count). The van der Waals surface area contributed by atoms with Crippen LogP contribution in [-0.2, 0) is 11.3 Å². The predicted molar refractivity (Wildman–Crippen MR) is 75.8 cm³/mol. The van der Waals surface area contributed by atoms with E-state index in [9.17, 15) is 0 Å². The van der Waals surface area contributed by atoms with Crippen LogP contribution < -0.4 is 10.5 Å². The van der Waals surface area contributed by atoms with Crippen molar-refractivity contribution in [1.82, 2.24) is 0 Å². The Kier molecular flexibility index (Phi) is 4.65. The third-order valence-electron chi connectivity index (χ3n) is 3.27. The van der Waals surface area contributed by atoms with Crippen molar-refractivity contribution in [1.29, 1.82) is 0 Å². The third-order valence-corrected chi connectivity index (χ3v) is 3.73. The maximum absolute atomic E-state index is 5.92. The number of halogens is 1. The minimum Gasteiger partial charge on any atom is -0.490 e. The fraction of sp³-hybridized carbons (Fsp3) is 0.571. The van der Waals surface area contributed by atoms with Gasteiger partial charge in [0.05, 0.1) is 12.2 Å². The summed E-state index contributed by atoms with van der Waals surface area (Å²) < 4.78 is 12.7. The molecule has 4 heteroatoms. The van der Waals surface area contributed by atoms with Crippen LogP contribution in [0.4, 0.5) is 0 Å². The van der Waals surface area contributed by atoms with E-state index >= 15 is 0 Å². The van der Waals surface area contributed by atoms with Gasteiger partial charge in [-0.25, -0.2) is 0 Å². The third kappa shape index (κ3) is 3.25. The zero-order valence-electron chi connectivity index (χ0n) is 10.9. The van der Waals surface area contributed by atoms with Crippen LogP contribution in [0.15, 0.2) is 16.6 Å². The molecule has 0 aliphatic carbocycles. The van der Waals surface area contributed by atoms with E-state index in [0.29, 0.717) is 19.3 Å². The number of benzene rings is 1. The number of hydrogen-bond acceptors (Lipinski definition) is 3. The first kappa shape index (κ1) is 13.8. The zero-order valence-corrected chi connectivity index (χ0v) is 12.5. The van der Waals surface area contributed by atoms with Gasteiger partial charge >= 0.3 is 0 Å². The van der Waals surface area contributed by atoms with Crippen molar-refractivity contribution in [2.24, 2.45) is 5.73 Å². The van der Waals surface area contributed by atoms with Gasteiger partial charge in [0, 0.05) is 16.6 Å². The van der Waals surface area contributed by atoms with Crippen LogP contribution in [0.3, 0.4) is 0 Å². The SMILES string of the molecule is Cc1cc(Br)cc(CN)c1OCC1CCC(C)O1. The lowest BCUT2D eigenvalue weighted by molar-refractivity contribution is 0.0261. The van der Waals surface area contributed by atoms with Gasteiger partial charge in [-0.2, -0.15) is 0 Å². The Hall–Kier alpha value is -0.580. The molecular formula is C14H20BrNO2. The summed E-state index contributed by atoms with van der Waals surface area (Å²) in [5, 5.41) is 0. The van der Waals surface area contributed by atoms with Crippen molar-refractivity contribution in [2.75, 3.05) is 6.61 Å². The van der Waals surface area contributed by atoms with E-state index in [0.717, 1.165) is 34.2 Å². The van der Waals surface area contributed by atoms with Crippen LogP contribution in [-0.4, -0.2) is 18.8 Å². The fourth-order valence-electron chi connectivity index (χ4n) is 2.34. The largest absolute Gasteiger partial charge is 0.490 e. The Morgan fingerprint density at radius 1 is 1.44 bits per heavy atom. The molecule has 2 unspecified atom stereocenters. The van der Waals surface area contributed by atoms with E-state index in [-0.39, 0.29) is 6.10 Å². The zero-order chi connectivity index (χ0) is 13.1. The van der Waals surface area contributed by atoms with Crippen LogP contribution in [0.1, 0.15) is 30.9 Å². The Balaban J connectivity index is 2.04. The van der Waals surface area contributed by atoms with Crippen LogP contribution in [0, 0.1) is 6.92 Å². The molecular weight excluding hydrogens is 294 g/mol. The summed E-state index contributed by atoms with van der Waals surface area (Å²) in [6.07, 6.45) is 2.78. The monoisotopic (exact) mass is 313 g/mol. The van der Waals surface area contributed by atoms with Crippen molar-refractivity contribution in [3.05, 3.63) is 27.7 Å². The van der Waals surface area contributed by atoms with Crippen LogP contribution in [0.2, 0.25) is 0 Å². The van der Waals surface area contributed by atoms with Crippen molar-refractivity contribution >= 4 is 15.9 Å². The second kappa shape index (κ2) is 6.04. The number of hydrogen-bond donors (Lipinski definition) is 1. The second-order valence-electron chi connectivity index (χ2n) is 4.87. The summed E-state index contributed by atoms with van der Waals surface area (Å²) in [4.78, 5) is 0. The fourth-order valence-corrected chi connectivity index (χ4v) is 2.96. The number of nitrogens with two attached hydrogens (primary N) is 1. The lowest BCUT2D eigenvalue weighted by Crippen LogP contribution is -2.19. The molecule has 1 aliphatic rings. The quantitative estimate of drug-likeness (QED) is 0.928. The number of aryl methyl sites for hydroxylation is 1. The van der Waals surface area contributed by atoms with E-state index in [2.05, 4.69) is 22.9 Å². The van der Waals surface area contributed by atoms with Gasteiger partial charge in [-0.3, -0.25) is 0 Å². The smallest absolute Gasteiger partial charge is 0.126 e. The number of ether oxygens (including phenoxy) is 2. The van der Waals surface area contributed by atoms with Crippen molar-refractivity contribution in [3.63, 3.8) is 0 Å². The van der Waals surface area contributed by atoms with Crippen LogP contribution in [0.25, 0.3) is 0 Å². The van der Waals surface area contributed by atoms with E-state index < -0.39 is 0 Å². The Morgan fingerprint density at radius 3 is 2.83 bits per heavy atom. The van der Waals surface area contributed by atoms with Crippen molar-refractivity contribution < 1.29 is 9.47 Å². The molecule has 2 atom stereocenters. The Morgan fingerprint density at radius 2 is 2.22 bits per heavy atom. The van der Waals surface area contributed by atoms with Gasteiger partial charge in [-0.1, -0.05) is 15.9 Å². The molecule has 3 nitrogen and oxygen atoms in total. The van der Waals surface area contributed by atoms with E-state index in [1.807, 2.05) is 19.1 Å². The van der Waals surface area contributed by atoms with E-state index in [1.165, 1.54) is 0 Å². The summed E-state index contributed by atoms with van der Waals surface area (Å²) in [7, 11) is 0. The summed E-state index contributed by atoms with van der Waals surface area (Å²) in [5.74, 6) is 0.906. The highest BCUT2D eigenvalue weighted by Gasteiger charge is 2.22. The Labute approximate surface area is 117 Å². The van der Waals surface area contributed by atoms with E-state index in [4.69, 9.17) is 15.2 Å². The highest BCUT2D eigenvalue weighted by atomic mass is 79.9. The molecule has 0 saturated carbocycles. The maximum atomic E-state index is 5.92. The minimum absolute atomic E-state index is 0.216. The molecule has 1 aromatic rings. The van der Waals surface area contributed by atoms with Gasteiger partial charge in [0.1, 0.15) is 12.4 Å². The van der Waals surface area contributed by atoms with Gasteiger partial charge in [-0.05, 0) is 44.4 Å². The highest BCUT2D eigenvalue weighted by Crippen LogP contribution is 2.29. The lowest BCUT2D eigenvalue weighted by Gasteiger charge is -2.17. The highest BCUT2D eigenvalue weighted by molar-refractivity contribution is 9.10. The van der Waals surface area contributed by atoms with Gasteiger partial charge in [0.15, 0.2) is 0 Å². The summed E-state index contributed by atoms with van der Waals surface area (Å²) in [5.41, 5.74) is 7.90. The average Bonchev–Trinajstić information content (AvgIpc) is 2.73. The van der Waals surface area contributed by atoms with Crippen LogP contribution >= 0.6 is 15.9 Å². The molecule has 1 fully saturated rings. The number of rotatable bonds is 4. The maximum Gasteiger partial charge on any atom is 0.126 e. The molecule has 0 radical (unpaired) electrons. The molecule has 0 bridgehead atoms. The topological polar surface area (TPSA) is 44.5 Å². The molecule has 1 aromatic carbocycles. The molecule has 18 heavy (non-hydrogen) atoms. The average molecular weight is 314 g/mol. The molecule has 0 aromatic heterocycles. The van der Waals surface area contributed by atoms with Gasteiger partial charge in [-0.15, -0.1) is 0 Å². The molecule has 0 amide bonds. The van der Waals surface area contributed by atoms with Crippen LogP contribution in [0.5, 0.6) is 5.75 Å². The molecule has 2 N–H and O–H groups in total. The standard InChI is InChI=1S/C14H20BrNO2/c1-9-5-12(15)6-11(7-16)14(9)17-8-13-4-3-10(2)18-13/h5-6,10,13H,3-4,7-8,16H2,1-2H3. The van der Waals surface area contributed by atoms with Crippen molar-refractivity contribution in [3.8, 4) is 5.75 Å². The summed E-state index contributed by atoms with van der Waals surface area (Å²) >= 11 is 3.48. The summed E-state index contributed by atoms with van der Waals surface area (Å²) in [6, 6.07) is 4.06. The first-order valence-electron chi connectivity index (χ1n) is 6.37. The molecule has 1 saturated heterocycles. The van der Waals surface area contributed by atoms with Crippen molar-refractivity contribution in [2.45, 2.75) is 45.4 Å². The predicted octanol–water partition coefficient (Wildman–Crippen LogP) is 3.16. The Bertz CT molecular complexity index is 423. The first-order valence-corrected chi connectivity index (χ1v) is 7.16. The normalized spacial score (nSPS) is 23.3. The summed E-state index contributed by atoms with van der Waals surface area (Å²) in [6.45, 7) is 5.24.